The molecular weight excluding hydrogens is 816 g/mol. The molecular formula is C45H46F3N11O4. The van der Waals surface area contributed by atoms with Crippen LogP contribution in [0.4, 0.5) is 52.4 Å². The number of halogens is 3. The number of imide groups is 1. The van der Waals surface area contributed by atoms with E-state index in [1.165, 1.54) is 12.1 Å². The summed E-state index contributed by atoms with van der Waals surface area (Å²) in [7, 11) is 0. The molecule has 326 valence electrons. The Morgan fingerprint density at radius 2 is 1.48 bits per heavy atom. The Balaban J connectivity index is 0.781. The molecule has 2 aromatic heterocycles. The van der Waals surface area contributed by atoms with Crippen molar-refractivity contribution >= 4 is 58.1 Å². The normalized spacial score (nSPS) is 17.3. The minimum atomic E-state index is -4.58. The zero-order valence-electron chi connectivity index (χ0n) is 34.3. The molecule has 4 aliphatic rings. The van der Waals surface area contributed by atoms with Gasteiger partial charge in [0.25, 0.3) is 11.8 Å². The first-order valence-electron chi connectivity index (χ1n) is 21.1. The molecule has 5 amide bonds. The maximum Gasteiger partial charge on any atom is 0.416 e. The average Bonchev–Trinajstić information content (AvgIpc) is 3.55. The number of piperidine rings is 1. The van der Waals surface area contributed by atoms with Crippen molar-refractivity contribution < 1.29 is 32.3 Å². The highest BCUT2D eigenvalue weighted by Crippen LogP contribution is 2.37. The fourth-order valence-electron chi connectivity index (χ4n) is 8.87. The third kappa shape index (κ3) is 8.88. The van der Waals surface area contributed by atoms with Crippen molar-refractivity contribution in [3.05, 3.63) is 107 Å². The maximum absolute atomic E-state index is 13.1. The minimum absolute atomic E-state index is 0.175. The molecule has 5 aromatic rings. The van der Waals surface area contributed by atoms with E-state index in [1.54, 1.807) is 21.7 Å². The van der Waals surface area contributed by atoms with Gasteiger partial charge in [0.2, 0.25) is 5.91 Å². The fraction of sp³-hybridized carbons (Fsp3) is 0.333. The molecule has 0 aliphatic carbocycles. The van der Waals surface area contributed by atoms with E-state index in [-0.39, 0.29) is 28.9 Å². The summed E-state index contributed by atoms with van der Waals surface area (Å²) in [6.45, 7) is 7.71. The molecule has 3 saturated heterocycles. The number of aromatic nitrogens is 3. The standard InChI is InChI=1S/C45H46F3N11O4/c46-45(47,48)32-11-16-50-37(26-32)52-43(62)30-3-1-29(2-4-30)40-39(41(49)61)42-51-36-10-9-35(25-31(36)14-20-59(42)54-40)57-23-21-55(22-24-57)27-28-12-17-56(18-13-28)33-5-7-34(8-6-33)58-19-15-38(60)53-44(58)63/h1-11,16,25-26,28,51H,12-15,17-24,27H2,(H2,49,61)(H,50,52,62)(H,53,60,63). The summed E-state index contributed by atoms with van der Waals surface area (Å²) in [6, 6.07) is 21.8. The molecule has 15 nitrogen and oxygen atoms in total. The third-order valence-corrected chi connectivity index (χ3v) is 12.3. The molecule has 0 spiro atoms. The molecule has 6 heterocycles. The van der Waals surface area contributed by atoms with Gasteiger partial charge in [-0.3, -0.25) is 29.5 Å². The van der Waals surface area contributed by atoms with Crippen LogP contribution in [0.15, 0.2) is 85.1 Å². The lowest BCUT2D eigenvalue weighted by atomic mass is 9.95. The molecule has 0 unspecified atom stereocenters. The average molecular weight is 862 g/mol. The second-order valence-corrected chi connectivity index (χ2v) is 16.3. The summed E-state index contributed by atoms with van der Waals surface area (Å²) in [4.78, 5) is 62.4. The molecule has 0 radical (unpaired) electrons. The fourth-order valence-corrected chi connectivity index (χ4v) is 8.87. The monoisotopic (exact) mass is 861 g/mol. The van der Waals surface area contributed by atoms with E-state index >= 15 is 0 Å². The van der Waals surface area contributed by atoms with Crippen LogP contribution in [-0.4, -0.2) is 95.8 Å². The Kier molecular flexibility index (Phi) is 11.2. The molecule has 0 saturated carbocycles. The number of nitrogens with one attached hydrogen (secondary N) is 3. The van der Waals surface area contributed by atoms with E-state index in [0.29, 0.717) is 48.9 Å². The second-order valence-electron chi connectivity index (χ2n) is 16.3. The summed E-state index contributed by atoms with van der Waals surface area (Å²) in [5.41, 5.74) is 11.3. The summed E-state index contributed by atoms with van der Waals surface area (Å²) in [5, 5.41) is 13.0. The summed E-state index contributed by atoms with van der Waals surface area (Å²) in [6.07, 6.45) is -0.407. The number of anilines is 6. The number of carbonyl (C=O) groups excluding carboxylic acids is 4. The van der Waals surface area contributed by atoms with E-state index in [9.17, 15) is 32.3 Å². The van der Waals surface area contributed by atoms with Crippen LogP contribution in [-0.2, 0) is 23.9 Å². The van der Waals surface area contributed by atoms with Crippen LogP contribution in [0, 0.1) is 5.92 Å². The number of carbonyl (C=O) groups is 4. The van der Waals surface area contributed by atoms with Crippen molar-refractivity contribution in [1.82, 2.24) is 25.0 Å². The molecule has 18 heteroatoms. The van der Waals surface area contributed by atoms with E-state index in [0.717, 1.165) is 105 Å². The SMILES string of the molecule is NC(=O)c1c(-c2ccc(C(=O)Nc3cc(C(F)(F)F)ccn3)cc2)nn2c1Nc1ccc(N3CCN(CC4CCN(c5ccc(N6CCC(=O)NC6=O)cc5)CC4)CC3)cc1CC2. The number of urea groups is 1. The number of pyridine rings is 1. The highest BCUT2D eigenvalue weighted by atomic mass is 19.4. The quantitative estimate of drug-likeness (QED) is 0.136. The van der Waals surface area contributed by atoms with Gasteiger partial charge < -0.3 is 26.2 Å². The van der Waals surface area contributed by atoms with Crippen LogP contribution < -0.4 is 36.4 Å². The molecule has 3 fully saturated rings. The number of amides is 5. The minimum Gasteiger partial charge on any atom is -0.372 e. The van der Waals surface area contributed by atoms with Crippen molar-refractivity contribution in [3.63, 3.8) is 0 Å². The first-order chi connectivity index (χ1) is 30.4. The Labute approximate surface area is 361 Å². The Hall–Kier alpha value is -6.95. The summed E-state index contributed by atoms with van der Waals surface area (Å²) in [5.74, 6) is -0.688. The van der Waals surface area contributed by atoms with Crippen LogP contribution in [0.3, 0.4) is 0 Å². The smallest absolute Gasteiger partial charge is 0.372 e. The number of piperazine rings is 1. The lowest BCUT2D eigenvalue weighted by Crippen LogP contribution is -2.49. The van der Waals surface area contributed by atoms with Crippen LogP contribution >= 0.6 is 0 Å². The summed E-state index contributed by atoms with van der Waals surface area (Å²) < 4.78 is 41.2. The zero-order chi connectivity index (χ0) is 43.8. The highest BCUT2D eigenvalue weighted by molar-refractivity contribution is 6.07. The zero-order valence-corrected chi connectivity index (χ0v) is 34.3. The van der Waals surface area contributed by atoms with Gasteiger partial charge in [-0.05, 0) is 97.5 Å². The first-order valence-corrected chi connectivity index (χ1v) is 21.1. The Morgan fingerprint density at radius 1 is 0.778 bits per heavy atom. The number of hydrogen-bond donors (Lipinski definition) is 4. The lowest BCUT2D eigenvalue weighted by molar-refractivity contribution is -0.137. The molecule has 0 atom stereocenters. The Morgan fingerprint density at radius 3 is 2.17 bits per heavy atom. The number of fused-ring (bicyclic) bond motifs is 2. The number of rotatable bonds is 9. The molecule has 9 rings (SSSR count). The van der Waals surface area contributed by atoms with Gasteiger partial charge in [0.1, 0.15) is 22.9 Å². The van der Waals surface area contributed by atoms with Crippen molar-refractivity contribution in [2.75, 3.05) is 77.7 Å². The van der Waals surface area contributed by atoms with E-state index in [4.69, 9.17) is 10.8 Å². The van der Waals surface area contributed by atoms with Crippen LogP contribution in [0.25, 0.3) is 11.3 Å². The Bertz CT molecular complexity index is 2550. The van der Waals surface area contributed by atoms with Gasteiger partial charge in [0.15, 0.2) is 0 Å². The van der Waals surface area contributed by atoms with Gasteiger partial charge in [-0.25, -0.2) is 14.5 Å². The van der Waals surface area contributed by atoms with Gasteiger partial charge >= 0.3 is 12.2 Å². The predicted molar refractivity (Wildman–Crippen MR) is 232 cm³/mol. The lowest BCUT2D eigenvalue weighted by Gasteiger charge is -2.40. The van der Waals surface area contributed by atoms with Crippen molar-refractivity contribution in [2.24, 2.45) is 11.7 Å². The molecule has 0 bridgehead atoms. The topological polar surface area (TPSA) is 174 Å². The largest absolute Gasteiger partial charge is 0.416 e. The predicted octanol–water partition coefficient (Wildman–Crippen LogP) is 6.10. The second kappa shape index (κ2) is 17.1. The molecule has 3 aromatic carbocycles. The number of nitrogens with two attached hydrogens (primary N) is 1. The summed E-state index contributed by atoms with van der Waals surface area (Å²) >= 11 is 0. The number of benzene rings is 3. The first kappa shape index (κ1) is 41.4. The number of aryl methyl sites for hydroxylation is 2. The third-order valence-electron chi connectivity index (χ3n) is 12.3. The highest BCUT2D eigenvalue weighted by Gasteiger charge is 2.32. The van der Waals surface area contributed by atoms with Gasteiger partial charge in [-0.1, -0.05) is 12.1 Å². The van der Waals surface area contributed by atoms with E-state index in [2.05, 4.69) is 59.9 Å². The number of alkyl halides is 3. The van der Waals surface area contributed by atoms with Crippen molar-refractivity contribution in [3.8, 4) is 11.3 Å². The van der Waals surface area contributed by atoms with Crippen LogP contribution in [0.2, 0.25) is 0 Å². The molecule has 4 aliphatic heterocycles. The number of primary amides is 1. The van der Waals surface area contributed by atoms with E-state index in [1.807, 2.05) is 18.2 Å². The van der Waals surface area contributed by atoms with Gasteiger partial charge in [0.05, 0.1) is 5.56 Å². The number of nitrogens with zero attached hydrogens (tertiary/aromatic N) is 7. The van der Waals surface area contributed by atoms with Crippen molar-refractivity contribution in [2.45, 2.75) is 38.4 Å². The van der Waals surface area contributed by atoms with Crippen LogP contribution in [0.1, 0.15) is 51.1 Å². The van der Waals surface area contributed by atoms with Gasteiger partial charge in [0, 0.05) is 105 Å². The van der Waals surface area contributed by atoms with Crippen molar-refractivity contribution in [1.29, 1.82) is 0 Å². The van der Waals surface area contributed by atoms with Gasteiger partial charge in [-0.2, -0.15) is 18.3 Å². The number of hydrogen-bond acceptors (Lipinski definition) is 10. The van der Waals surface area contributed by atoms with E-state index < -0.39 is 23.6 Å². The molecule has 5 N–H and O–H groups in total. The van der Waals surface area contributed by atoms with Crippen LogP contribution in [0.5, 0.6) is 0 Å². The molecule has 63 heavy (non-hydrogen) atoms. The maximum atomic E-state index is 13.1. The van der Waals surface area contributed by atoms with Gasteiger partial charge in [-0.15, -0.1) is 0 Å².